The second kappa shape index (κ2) is 11.9. The van der Waals surface area contributed by atoms with Gasteiger partial charge in [0.15, 0.2) is 5.96 Å². The molecule has 1 amide bonds. The molecule has 0 saturated heterocycles. The lowest BCUT2D eigenvalue weighted by atomic mass is 9.91. The minimum atomic E-state index is -0.912. The number of aliphatic imine (C=N–C) groups is 1. The van der Waals surface area contributed by atoms with Crippen LogP contribution in [0.25, 0.3) is 0 Å². The van der Waals surface area contributed by atoms with Gasteiger partial charge in [-0.15, -0.1) is 0 Å². The smallest absolute Gasteiger partial charge is 0.407 e. The molecule has 0 aromatic heterocycles. The largest absolute Gasteiger partial charge is 0.444 e. The number of guanidine groups is 1. The summed E-state index contributed by atoms with van der Waals surface area (Å²) in [4.78, 5) is 16.2. The third kappa shape index (κ3) is 9.61. The molecule has 1 aliphatic carbocycles. The van der Waals surface area contributed by atoms with Crippen molar-refractivity contribution in [1.29, 1.82) is 0 Å². The number of nitrogens with one attached hydrogen (secondary N) is 3. The monoisotopic (exact) mass is 436 g/mol. The normalized spacial score (nSPS) is 20.9. The Morgan fingerprint density at radius 3 is 2.27 bits per heavy atom. The summed E-state index contributed by atoms with van der Waals surface area (Å²) in [7, 11) is 0.830. The van der Waals surface area contributed by atoms with E-state index >= 15 is 0 Å². The first-order chi connectivity index (χ1) is 14.2. The van der Waals surface area contributed by atoms with Crippen LogP contribution < -0.4 is 16.0 Å². The summed E-state index contributed by atoms with van der Waals surface area (Å²) in [6.07, 6.45) is 3.34. The summed E-state index contributed by atoms with van der Waals surface area (Å²) in [6, 6.07) is 10.4. The zero-order valence-corrected chi connectivity index (χ0v) is 19.4. The summed E-state index contributed by atoms with van der Waals surface area (Å²) in [5.74, 6) is 1.88. The predicted molar refractivity (Wildman–Crippen MR) is 123 cm³/mol. The van der Waals surface area contributed by atoms with Gasteiger partial charge in [-0.3, -0.25) is 9.20 Å². The Balaban J connectivity index is 1.64. The van der Waals surface area contributed by atoms with Gasteiger partial charge < -0.3 is 20.7 Å². The molecule has 0 heterocycles. The van der Waals surface area contributed by atoms with Crippen molar-refractivity contribution in [2.24, 2.45) is 4.99 Å². The minimum Gasteiger partial charge on any atom is -0.444 e. The van der Waals surface area contributed by atoms with Crippen LogP contribution >= 0.6 is 0 Å². The first kappa shape index (κ1) is 24.2. The molecule has 1 aromatic rings. The standard InChI is InChI=1S/C22H36N4O3S/c1-22(2,3)29-21(27)26-19-12-10-18(11-13-19)25-20(23-4)24-14-15-30(28)16-17-8-6-5-7-9-17/h5-9,18-19H,10-16H2,1-4H3,(H,26,27)(H2,23,24,25). The maximum absolute atomic E-state index is 12.2. The second-order valence-electron chi connectivity index (χ2n) is 8.61. The molecule has 3 N–H and O–H groups in total. The topological polar surface area (TPSA) is 91.8 Å². The lowest BCUT2D eigenvalue weighted by molar-refractivity contribution is 0.0490. The number of ether oxygens (including phenoxy) is 1. The van der Waals surface area contributed by atoms with Crippen LogP contribution in [0.2, 0.25) is 0 Å². The number of carbonyl (C=O) groups is 1. The van der Waals surface area contributed by atoms with E-state index in [1.54, 1.807) is 7.05 Å². The lowest BCUT2D eigenvalue weighted by Gasteiger charge is -2.31. The average molecular weight is 437 g/mol. The lowest BCUT2D eigenvalue weighted by Crippen LogP contribution is -2.48. The quantitative estimate of drug-likeness (QED) is 0.452. The summed E-state index contributed by atoms with van der Waals surface area (Å²) < 4.78 is 17.6. The van der Waals surface area contributed by atoms with Crippen LogP contribution in [-0.4, -0.2) is 53.3 Å². The van der Waals surface area contributed by atoms with E-state index in [-0.39, 0.29) is 12.1 Å². The molecule has 0 spiro atoms. The van der Waals surface area contributed by atoms with Gasteiger partial charge in [0.05, 0.1) is 0 Å². The highest BCUT2D eigenvalue weighted by atomic mass is 32.2. The highest BCUT2D eigenvalue weighted by Crippen LogP contribution is 2.19. The van der Waals surface area contributed by atoms with Crippen molar-refractivity contribution >= 4 is 22.9 Å². The number of alkyl carbamates (subject to hydrolysis) is 1. The molecule has 7 nitrogen and oxygen atoms in total. The fourth-order valence-corrected chi connectivity index (χ4v) is 4.40. The molecule has 1 saturated carbocycles. The summed E-state index contributed by atoms with van der Waals surface area (Å²) in [5, 5.41) is 9.66. The number of rotatable bonds is 7. The Labute approximate surface area is 182 Å². The van der Waals surface area contributed by atoms with E-state index in [4.69, 9.17) is 4.74 Å². The summed E-state index contributed by atoms with van der Waals surface area (Å²) in [6.45, 7) is 6.20. The molecule has 1 atom stereocenters. The van der Waals surface area contributed by atoms with Crippen molar-refractivity contribution in [3.63, 3.8) is 0 Å². The molecule has 1 aromatic carbocycles. The van der Waals surface area contributed by atoms with Gasteiger partial charge in [0.25, 0.3) is 0 Å². The summed E-state index contributed by atoms with van der Waals surface area (Å²) >= 11 is 0. The third-order valence-corrected chi connectivity index (χ3v) is 6.12. The Morgan fingerprint density at radius 2 is 1.70 bits per heavy atom. The van der Waals surface area contributed by atoms with Gasteiger partial charge in [-0.1, -0.05) is 30.3 Å². The van der Waals surface area contributed by atoms with Gasteiger partial charge in [0, 0.05) is 48.0 Å². The molecular weight excluding hydrogens is 400 g/mol. The number of hydrogen-bond acceptors (Lipinski definition) is 4. The van der Waals surface area contributed by atoms with Crippen molar-refractivity contribution in [2.45, 2.75) is 69.9 Å². The number of carbonyl (C=O) groups excluding carboxylic acids is 1. The van der Waals surface area contributed by atoms with Crippen molar-refractivity contribution in [3.05, 3.63) is 35.9 Å². The second-order valence-corrected chi connectivity index (χ2v) is 10.2. The predicted octanol–water partition coefficient (Wildman–Crippen LogP) is 2.94. The van der Waals surface area contributed by atoms with Crippen LogP contribution in [0.5, 0.6) is 0 Å². The maximum Gasteiger partial charge on any atom is 0.407 e. The molecule has 1 fully saturated rings. The molecule has 0 aliphatic heterocycles. The van der Waals surface area contributed by atoms with E-state index in [1.807, 2.05) is 51.1 Å². The Kier molecular flexibility index (Phi) is 9.62. The Bertz CT molecular complexity index is 711. The van der Waals surface area contributed by atoms with Crippen molar-refractivity contribution < 1.29 is 13.7 Å². The number of amides is 1. The van der Waals surface area contributed by atoms with Crippen LogP contribution in [-0.2, 0) is 21.3 Å². The highest BCUT2D eigenvalue weighted by molar-refractivity contribution is 7.84. The van der Waals surface area contributed by atoms with Gasteiger partial charge in [-0.25, -0.2) is 4.79 Å². The van der Waals surface area contributed by atoms with Crippen LogP contribution in [0, 0.1) is 0 Å². The number of hydrogen-bond donors (Lipinski definition) is 3. The first-order valence-corrected chi connectivity index (χ1v) is 12.1. The highest BCUT2D eigenvalue weighted by Gasteiger charge is 2.25. The fourth-order valence-electron chi connectivity index (χ4n) is 3.36. The van der Waals surface area contributed by atoms with E-state index in [0.717, 1.165) is 37.2 Å². The summed E-state index contributed by atoms with van der Waals surface area (Å²) in [5.41, 5.74) is 0.612. The van der Waals surface area contributed by atoms with Crippen molar-refractivity contribution in [2.75, 3.05) is 19.3 Å². The number of nitrogens with zero attached hydrogens (tertiary/aromatic N) is 1. The average Bonchev–Trinajstić information content (AvgIpc) is 2.68. The van der Waals surface area contributed by atoms with Gasteiger partial charge in [0.1, 0.15) is 5.60 Å². The number of benzene rings is 1. The molecule has 0 bridgehead atoms. The fraction of sp³-hybridized carbons (Fsp3) is 0.636. The molecule has 30 heavy (non-hydrogen) atoms. The first-order valence-electron chi connectivity index (χ1n) is 10.6. The molecule has 1 aliphatic rings. The van der Waals surface area contributed by atoms with Gasteiger partial charge in [-0.05, 0) is 52.0 Å². The van der Waals surface area contributed by atoms with E-state index in [1.165, 1.54) is 0 Å². The zero-order valence-electron chi connectivity index (χ0n) is 18.6. The van der Waals surface area contributed by atoms with Crippen LogP contribution in [0.15, 0.2) is 35.3 Å². The van der Waals surface area contributed by atoms with Crippen molar-refractivity contribution in [3.8, 4) is 0 Å². The van der Waals surface area contributed by atoms with E-state index in [2.05, 4.69) is 20.9 Å². The Hall–Kier alpha value is -2.09. The SMILES string of the molecule is CN=C(NCCS(=O)Cc1ccccc1)NC1CCC(NC(=O)OC(C)(C)C)CC1. The van der Waals surface area contributed by atoms with Gasteiger partial charge >= 0.3 is 6.09 Å². The third-order valence-electron chi connectivity index (χ3n) is 4.81. The molecular formula is C22H36N4O3S. The zero-order chi connectivity index (χ0) is 22.0. The molecule has 8 heteroatoms. The minimum absolute atomic E-state index is 0.147. The molecule has 1 unspecified atom stereocenters. The van der Waals surface area contributed by atoms with E-state index in [0.29, 0.717) is 24.1 Å². The molecule has 168 valence electrons. The van der Waals surface area contributed by atoms with Crippen LogP contribution in [0.1, 0.15) is 52.0 Å². The van der Waals surface area contributed by atoms with Crippen LogP contribution in [0.3, 0.4) is 0 Å². The van der Waals surface area contributed by atoms with E-state index in [9.17, 15) is 9.00 Å². The van der Waals surface area contributed by atoms with Gasteiger partial charge in [-0.2, -0.15) is 0 Å². The Morgan fingerprint density at radius 1 is 1.10 bits per heavy atom. The maximum atomic E-state index is 12.2. The van der Waals surface area contributed by atoms with Crippen molar-refractivity contribution in [1.82, 2.24) is 16.0 Å². The molecule has 0 radical (unpaired) electrons. The molecule has 2 rings (SSSR count). The van der Waals surface area contributed by atoms with Crippen LogP contribution in [0.4, 0.5) is 4.79 Å². The van der Waals surface area contributed by atoms with E-state index < -0.39 is 16.4 Å². The van der Waals surface area contributed by atoms with Gasteiger partial charge in [0.2, 0.25) is 0 Å².